The maximum Gasteiger partial charge on any atom is 0.421 e. The van der Waals surface area contributed by atoms with E-state index in [-0.39, 0.29) is 10.8 Å². The van der Waals surface area contributed by atoms with E-state index in [1.54, 1.807) is 18.2 Å². The third-order valence-corrected chi connectivity index (χ3v) is 3.67. The Morgan fingerprint density at radius 1 is 1.19 bits per heavy atom. The number of carbonyl (C=O) groups excluding carboxylic acids is 1. The van der Waals surface area contributed by atoms with Gasteiger partial charge in [-0.05, 0) is 24.3 Å². The van der Waals surface area contributed by atoms with Gasteiger partial charge in [0.05, 0.1) is 5.02 Å². The molecule has 0 saturated carbocycles. The summed E-state index contributed by atoms with van der Waals surface area (Å²) in [5, 5.41) is 0.698. The van der Waals surface area contributed by atoms with Crippen molar-refractivity contribution in [1.29, 1.82) is 0 Å². The summed E-state index contributed by atoms with van der Waals surface area (Å²) in [7, 11) is 0. The Kier molecular flexibility index (Phi) is 3.73. The molecule has 0 radical (unpaired) electrons. The van der Waals surface area contributed by atoms with E-state index in [1.165, 1.54) is 11.0 Å². The summed E-state index contributed by atoms with van der Waals surface area (Å²) >= 11 is 12.1. The van der Waals surface area contributed by atoms with Crippen LogP contribution in [0, 0.1) is 0 Å². The zero-order chi connectivity index (χ0) is 15.0. The molecule has 108 valence electrons. The van der Waals surface area contributed by atoms with Crippen molar-refractivity contribution in [2.24, 2.45) is 5.84 Å². The minimum absolute atomic E-state index is 0.263. The van der Waals surface area contributed by atoms with E-state index in [9.17, 15) is 4.79 Å². The molecule has 0 aromatic heterocycles. The lowest BCUT2D eigenvalue weighted by Crippen LogP contribution is -2.49. The topological polar surface area (TPSA) is 67.6 Å². The van der Waals surface area contributed by atoms with E-state index in [4.69, 9.17) is 33.8 Å². The predicted octanol–water partition coefficient (Wildman–Crippen LogP) is 3.47. The molecule has 3 N–H and O–H groups in total. The molecule has 2 aromatic carbocycles. The van der Waals surface area contributed by atoms with Gasteiger partial charge in [0.1, 0.15) is 6.17 Å². The quantitative estimate of drug-likeness (QED) is 0.656. The van der Waals surface area contributed by atoms with Crippen LogP contribution >= 0.6 is 23.2 Å². The Hall–Kier alpha value is -1.79. The zero-order valence-electron chi connectivity index (χ0n) is 10.7. The largest absolute Gasteiger partial charge is 0.421 e. The van der Waals surface area contributed by atoms with Crippen molar-refractivity contribution < 1.29 is 9.53 Å². The van der Waals surface area contributed by atoms with Gasteiger partial charge in [-0.1, -0.05) is 41.4 Å². The van der Waals surface area contributed by atoms with Crippen LogP contribution in [0.4, 0.5) is 10.5 Å². The summed E-state index contributed by atoms with van der Waals surface area (Å²) < 4.78 is 5.32. The molecule has 2 aromatic rings. The number of para-hydroxylation sites is 1. The molecule has 0 saturated heterocycles. The molecule has 21 heavy (non-hydrogen) atoms. The van der Waals surface area contributed by atoms with Gasteiger partial charge < -0.3 is 4.74 Å². The van der Waals surface area contributed by atoms with Crippen molar-refractivity contribution in [2.45, 2.75) is 6.17 Å². The van der Waals surface area contributed by atoms with Crippen LogP contribution in [0.2, 0.25) is 10.0 Å². The average Bonchev–Trinajstić information content (AvgIpc) is 2.48. The van der Waals surface area contributed by atoms with Crippen LogP contribution in [0.1, 0.15) is 11.7 Å². The van der Waals surface area contributed by atoms with Crippen LogP contribution < -0.4 is 20.9 Å². The Morgan fingerprint density at radius 3 is 2.57 bits per heavy atom. The zero-order valence-corrected chi connectivity index (χ0v) is 12.2. The fourth-order valence-electron chi connectivity index (χ4n) is 2.28. The summed E-state index contributed by atoms with van der Waals surface area (Å²) in [4.78, 5) is 13.7. The number of nitrogens with two attached hydrogens (primary N) is 1. The van der Waals surface area contributed by atoms with Gasteiger partial charge in [0.25, 0.3) is 0 Å². The van der Waals surface area contributed by atoms with E-state index in [2.05, 4.69) is 5.43 Å². The van der Waals surface area contributed by atoms with E-state index in [0.29, 0.717) is 16.3 Å². The number of rotatable bonds is 2. The Balaban J connectivity index is 2.14. The van der Waals surface area contributed by atoms with Crippen LogP contribution in [0.25, 0.3) is 0 Å². The minimum atomic E-state index is -0.625. The number of carbonyl (C=O) groups is 1. The lowest BCUT2D eigenvalue weighted by molar-refractivity contribution is 0.196. The lowest BCUT2D eigenvalue weighted by Gasteiger charge is -2.35. The molecule has 1 aliphatic rings. The van der Waals surface area contributed by atoms with Crippen molar-refractivity contribution >= 4 is 35.0 Å². The SMILES string of the molecule is NNC1c2cc(Cl)cc(Cl)c2OC(=O)N1c1ccccc1. The number of hydrogen-bond acceptors (Lipinski definition) is 4. The normalized spacial score (nSPS) is 17.4. The maximum absolute atomic E-state index is 12.3. The fraction of sp³-hybridized carbons (Fsp3) is 0.0714. The van der Waals surface area contributed by atoms with Gasteiger partial charge >= 0.3 is 6.09 Å². The first-order valence-corrected chi connectivity index (χ1v) is 6.88. The van der Waals surface area contributed by atoms with Crippen molar-refractivity contribution in [1.82, 2.24) is 5.43 Å². The third-order valence-electron chi connectivity index (χ3n) is 3.17. The number of anilines is 1. The van der Waals surface area contributed by atoms with Crippen molar-refractivity contribution in [3.63, 3.8) is 0 Å². The summed E-state index contributed by atoms with van der Waals surface area (Å²) in [6.45, 7) is 0. The van der Waals surface area contributed by atoms with Crippen LogP contribution in [-0.4, -0.2) is 6.09 Å². The van der Waals surface area contributed by atoms with E-state index >= 15 is 0 Å². The molecule has 1 atom stereocenters. The highest BCUT2D eigenvalue weighted by Gasteiger charge is 2.36. The Morgan fingerprint density at radius 2 is 1.90 bits per heavy atom. The third kappa shape index (κ3) is 2.45. The first-order valence-electron chi connectivity index (χ1n) is 6.13. The van der Waals surface area contributed by atoms with E-state index in [0.717, 1.165) is 0 Å². The average molecular weight is 324 g/mol. The number of benzene rings is 2. The molecule has 7 heteroatoms. The number of hydrogen-bond donors (Lipinski definition) is 2. The monoisotopic (exact) mass is 323 g/mol. The van der Waals surface area contributed by atoms with Crippen LogP contribution in [0.15, 0.2) is 42.5 Å². The molecule has 0 aliphatic carbocycles. The molecule has 1 heterocycles. The molecule has 0 spiro atoms. The van der Waals surface area contributed by atoms with Gasteiger partial charge in [0, 0.05) is 16.3 Å². The second-order valence-corrected chi connectivity index (χ2v) is 5.29. The van der Waals surface area contributed by atoms with Crippen molar-refractivity contribution in [2.75, 3.05) is 4.90 Å². The number of nitrogens with one attached hydrogen (secondary N) is 1. The molecular weight excluding hydrogens is 313 g/mol. The molecular formula is C14H11Cl2N3O2. The fourth-order valence-corrected chi connectivity index (χ4v) is 2.83. The number of fused-ring (bicyclic) bond motifs is 1. The summed E-state index contributed by atoms with van der Waals surface area (Å²) in [6, 6.07) is 12.2. The highest BCUT2D eigenvalue weighted by molar-refractivity contribution is 6.36. The Labute approximate surface area is 131 Å². The molecule has 1 amide bonds. The summed E-state index contributed by atoms with van der Waals surface area (Å²) in [6.07, 6.45) is -1.19. The minimum Gasteiger partial charge on any atom is -0.408 e. The van der Waals surface area contributed by atoms with Gasteiger partial charge in [-0.3, -0.25) is 10.7 Å². The van der Waals surface area contributed by atoms with Gasteiger partial charge in [-0.25, -0.2) is 10.2 Å². The van der Waals surface area contributed by atoms with Crippen molar-refractivity contribution in [3.8, 4) is 5.75 Å². The van der Waals surface area contributed by atoms with Gasteiger partial charge in [0.2, 0.25) is 0 Å². The molecule has 5 nitrogen and oxygen atoms in total. The van der Waals surface area contributed by atoms with Gasteiger partial charge in [-0.15, -0.1) is 0 Å². The van der Waals surface area contributed by atoms with E-state index in [1.807, 2.05) is 18.2 Å². The smallest absolute Gasteiger partial charge is 0.408 e. The first-order chi connectivity index (χ1) is 10.1. The highest BCUT2D eigenvalue weighted by atomic mass is 35.5. The molecule has 1 aliphatic heterocycles. The first kappa shape index (κ1) is 14.2. The molecule has 1 unspecified atom stereocenters. The number of hydrazine groups is 1. The second-order valence-electron chi connectivity index (χ2n) is 4.45. The number of amides is 1. The second kappa shape index (κ2) is 5.54. The highest BCUT2D eigenvalue weighted by Crippen LogP contribution is 2.41. The van der Waals surface area contributed by atoms with Crippen LogP contribution in [-0.2, 0) is 0 Å². The van der Waals surface area contributed by atoms with Gasteiger partial charge in [0.15, 0.2) is 5.75 Å². The summed E-state index contributed by atoms with van der Waals surface area (Å²) in [5.41, 5.74) is 3.84. The van der Waals surface area contributed by atoms with E-state index < -0.39 is 12.3 Å². The number of halogens is 2. The van der Waals surface area contributed by atoms with Crippen LogP contribution in [0.3, 0.4) is 0 Å². The van der Waals surface area contributed by atoms with Crippen molar-refractivity contribution in [3.05, 3.63) is 58.1 Å². The molecule has 0 bridgehead atoms. The Bertz CT molecular complexity index is 694. The lowest BCUT2D eigenvalue weighted by atomic mass is 10.1. The number of ether oxygens (including phenoxy) is 1. The van der Waals surface area contributed by atoms with Gasteiger partial charge in [-0.2, -0.15) is 0 Å². The predicted molar refractivity (Wildman–Crippen MR) is 81.5 cm³/mol. The standard InChI is InChI=1S/C14H11Cl2N3O2/c15-8-6-10-12(11(16)7-8)21-14(20)19(13(10)18-17)9-4-2-1-3-5-9/h1-7,13,18H,17H2. The maximum atomic E-state index is 12.3. The molecule has 0 fully saturated rings. The van der Waals surface area contributed by atoms with Crippen LogP contribution in [0.5, 0.6) is 5.75 Å². The summed E-state index contributed by atoms with van der Waals surface area (Å²) in [5.74, 6) is 5.89. The number of nitrogens with zero attached hydrogens (tertiary/aromatic N) is 1. The molecule has 3 rings (SSSR count).